The minimum absolute atomic E-state index is 0.969. The Labute approximate surface area is 65.8 Å². The second kappa shape index (κ2) is 4.80. The summed E-state index contributed by atoms with van der Waals surface area (Å²) in [4.78, 5) is 0. The van der Waals surface area contributed by atoms with Crippen LogP contribution in [0.3, 0.4) is 0 Å². The molecular weight excluding hydrogens is 176 g/mol. The maximum absolute atomic E-state index is 3.37. The Morgan fingerprint density at radius 1 is 1.22 bits per heavy atom. The van der Waals surface area contributed by atoms with Gasteiger partial charge >= 0.3 is 0 Å². The summed E-state index contributed by atoms with van der Waals surface area (Å²) in [6.07, 6.45) is 4.25. The lowest BCUT2D eigenvalue weighted by atomic mass is 10.2. The average Bonchev–Trinajstić information content (AvgIpc) is 1.83. The molecule has 0 aliphatic rings. The van der Waals surface area contributed by atoms with Crippen LogP contribution in [0.2, 0.25) is 0 Å². The fourth-order valence-electron chi connectivity index (χ4n) is 0.353. The van der Waals surface area contributed by atoms with Gasteiger partial charge in [0, 0.05) is 5.33 Å². The highest BCUT2D eigenvalue weighted by atomic mass is 79.9. The third-order valence-electron chi connectivity index (χ3n) is 0.912. The molecule has 0 rings (SSSR count). The van der Waals surface area contributed by atoms with Crippen molar-refractivity contribution in [3.63, 3.8) is 0 Å². The van der Waals surface area contributed by atoms with Crippen molar-refractivity contribution in [2.75, 3.05) is 5.33 Å². The molecule has 0 unspecified atom stereocenters. The van der Waals surface area contributed by atoms with Gasteiger partial charge in [0.15, 0.2) is 0 Å². The van der Waals surface area contributed by atoms with Gasteiger partial charge in [-0.3, -0.25) is 0 Å². The van der Waals surface area contributed by atoms with Crippen LogP contribution in [-0.2, 0) is 0 Å². The molecule has 0 bridgehead atoms. The first-order valence-corrected chi connectivity index (χ1v) is 4.15. The van der Waals surface area contributed by atoms with E-state index in [9.17, 15) is 0 Å². The van der Waals surface area contributed by atoms with Crippen molar-refractivity contribution in [2.45, 2.75) is 20.8 Å². The van der Waals surface area contributed by atoms with Crippen LogP contribution in [0, 0.1) is 0 Å². The molecule has 52 valence electrons. The van der Waals surface area contributed by atoms with Crippen molar-refractivity contribution in [3.8, 4) is 0 Å². The summed E-state index contributed by atoms with van der Waals surface area (Å²) in [5.41, 5.74) is 2.70. The van der Waals surface area contributed by atoms with Gasteiger partial charge in [-0.1, -0.05) is 39.2 Å². The zero-order chi connectivity index (χ0) is 7.28. The zero-order valence-corrected chi connectivity index (χ0v) is 7.83. The van der Waals surface area contributed by atoms with E-state index in [4.69, 9.17) is 0 Å². The number of allylic oxidation sites excluding steroid dienone is 4. The largest absolute Gasteiger partial charge is 0.0880 e. The van der Waals surface area contributed by atoms with E-state index in [-0.39, 0.29) is 0 Å². The van der Waals surface area contributed by atoms with Crippen molar-refractivity contribution in [1.82, 2.24) is 0 Å². The van der Waals surface area contributed by atoms with Gasteiger partial charge in [0.1, 0.15) is 0 Å². The van der Waals surface area contributed by atoms with E-state index in [2.05, 4.69) is 48.9 Å². The Kier molecular flexibility index (Phi) is 4.78. The molecule has 0 fully saturated rings. The normalized spacial score (nSPS) is 11.3. The second-order valence-corrected chi connectivity index (χ2v) is 2.95. The standard InChI is InChI=1S/C8H13Br/c1-7(2)4-5-8(3)6-9/h4-5H,6H2,1-3H3. The van der Waals surface area contributed by atoms with Gasteiger partial charge in [-0.15, -0.1) is 0 Å². The number of hydrogen-bond acceptors (Lipinski definition) is 0. The quantitative estimate of drug-likeness (QED) is 0.461. The minimum atomic E-state index is 0.969. The first kappa shape index (κ1) is 8.96. The molecule has 0 saturated heterocycles. The van der Waals surface area contributed by atoms with Gasteiger partial charge in [-0.2, -0.15) is 0 Å². The molecule has 0 aromatic rings. The summed E-state index contributed by atoms with van der Waals surface area (Å²) in [5, 5.41) is 0.969. The summed E-state index contributed by atoms with van der Waals surface area (Å²) >= 11 is 3.37. The van der Waals surface area contributed by atoms with Crippen LogP contribution in [0.5, 0.6) is 0 Å². The number of alkyl halides is 1. The van der Waals surface area contributed by atoms with Crippen LogP contribution in [-0.4, -0.2) is 5.33 Å². The van der Waals surface area contributed by atoms with E-state index in [1.54, 1.807) is 0 Å². The summed E-state index contributed by atoms with van der Waals surface area (Å²) < 4.78 is 0. The van der Waals surface area contributed by atoms with E-state index >= 15 is 0 Å². The van der Waals surface area contributed by atoms with Gasteiger partial charge in [0.25, 0.3) is 0 Å². The lowest BCUT2D eigenvalue weighted by Crippen LogP contribution is -1.72. The SMILES string of the molecule is CC(C)=CC=C(C)CBr. The minimum Gasteiger partial charge on any atom is -0.0880 e. The van der Waals surface area contributed by atoms with Crippen molar-refractivity contribution < 1.29 is 0 Å². The van der Waals surface area contributed by atoms with Crippen molar-refractivity contribution in [3.05, 3.63) is 23.3 Å². The van der Waals surface area contributed by atoms with Crippen LogP contribution in [0.1, 0.15) is 20.8 Å². The smallest absolute Gasteiger partial charge is 0.0242 e. The molecule has 0 aliphatic carbocycles. The Morgan fingerprint density at radius 2 is 1.78 bits per heavy atom. The van der Waals surface area contributed by atoms with Gasteiger partial charge < -0.3 is 0 Å². The Balaban J connectivity index is 3.83. The fraction of sp³-hybridized carbons (Fsp3) is 0.500. The first-order valence-electron chi connectivity index (χ1n) is 3.03. The monoisotopic (exact) mass is 188 g/mol. The zero-order valence-electron chi connectivity index (χ0n) is 6.24. The summed E-state index contributed by atoms with van der Waals surface area (Å²) in [5.74, 6) is 0. The Bertz CT molecular complexity index is 128. The van der Waals surface area contributed by atoms with Gasteiger partial charge in [0.05, 0.1) is 0 Å². The molecule has 0 atom stereocenters. The van der Waals surface area contributed by atoms with Crippen LogP contribution >= 0.6 is 15.9 Å². The molecular formula is C8H13Br. The van der Waals surface area contributed by atoms with Crippen LogP contribution in [0.15, 0.2) is 23.3 Å². The highest BCUT2D eigenvalue weighted by molar-refractivity contribution is 9.09. The third-order valence-corrected chi connectivity index (χ3v) is 1.80. The number of rotatable bonds is 2. The van der Waals surface area contributed by atoms with Crippen molar-refractivity contribution >= 4 is 15.9 Å². The van der Waals surface area contributed by atoms with Gasteiger partial charge in [-0.05, 0) is 20.8 Å². The van der Waals surface area contributed by atoms with E-state index < -0.39 is 0 Å². The highest BCUT2D eigenvalue weighted by Crippen LogP contribution is 1.99. The molecule has 1 heteroatoms. The number of halogens is 1. The Morgan fingerprint density at radius 3 is 2.11 bits per heavy atom. The van der Waals surface area contributed by atoms with Gasteiger partial charge in [0.2, 0.25) is 0 Å². The third kappa shape index (κ3) is 5.84. The predicted octanol–water partition coefficient (Wildman–Crippen LogP) is 3.29. The maximum atomic E-state index is 3.37. The van der Waals surface area contributed by atoms with Crippen molar-refractivity contribution in [1.29, 1.82) is 0 Å². The molecule has 0 N–H and O–H groups in total. The molecule has 9 heavy (non-hydrogen) atoms. The second-order valence-electron chi connectivity index (χ2n) is 2.39. The molecule has 0 aromatic heterocycles. The van der Waals surface area contributed by atoms with E-state index in [1.807, 2.05) is 0 Å². The molecule has 0 saturated carbocycles. The molecule has 0 aromatic carbocycles. The van der Waals surface area contributed by atoms with Crippen LogP contribution in [0.25, 0.3) is 0 Å². The molecule has 0 amide bonds. The molecule has 0 spiro atoms. The summed E-state index contributed by atoms with van der Waals surface area (Å²) in [6, 6.07) is 0. The van der Waals surface area contributed by atoms with Crippen LogP contribution in [0.4, 0.5) is 0 Å². The maximum Gasteiger partial charge on any atom is 0.0242 e. The summed E-state index contributed by atoms with van der Waals surface area (Å²) in [7, 11) is 0. The Hall–Kier alpha value is -0.0400. The topological polar surface area (TPSA) is 0 Å². The van der Waals surface area contributed by atoms with Gasteiger partial charge in [-0.25, -0.2) is 0 Å². The molecule has 0 heterocycles. The van der Waals surface area contributed by atoms with Crippen LogP contribution < -0.4 is 0 Å². The highest BCUT2D eigenvalue weighted by Gasteiger charge is 1.79. The molecule has 0 nitrogen and oxygen atoms in total. The number of hydrogen-bond donors (Lipinski definition) is 0. The lowest BCUT2D eigenvalue weighted by Gasteiger charge is -1.88. The first-order chi connectivity index (χ1) is 4.16. The molecule has 0 aliphatic heterocycles. The predicted molar refractivity (Wildman–Crippen MR) is 47.0 cm³/mol. The van der Waals surface area contributed by atoms with E-state index in [0.29, 0.717) is 0 Å². The lowest BCUT2D eigenvalue weighted by molar-refractivity contribution is 1.36. The fourth-order valence-corrected chi connectivity index (χ4v) is 0.540. The molecule has 0 radical (unpaired) electrons. The summed E-state index contributed by atoms with van der Waals surface area (Å²) in [6.45, 7) is 6.30. The van der Waals surface area contributed by atoms with E-state index in [0.717, 1.165) is 5.33 Å². The van der Waals surface area contributed by atoms with Crippen molar-refractivity contribution in [2.24, 2.45) is 0 Å². The average molecular weight is 189 g/mol. The van der Waals surface area contributed by atoms with E-state index in [1.165, 1.54) is 11.1 Å².